The molecule has 0 spiro atoms. The maximum Gasteiger partial charge on any atom is 0.310 e. The fraction of sp³-hybridized carbons (Fsp3) is 0.500. The van der Waals surface area contributed by atoms with E-state index in [1.54, 1.807) is 0 Å². The van der Waals surface area contributed by atoms with Crippen LogP contribution >= 0.6 is 22.6 Å². The number of allylic oxidation sites excluding steroid dienone is 1. The lowest BCUT2D eigenvalue weighted by Crippen LogP contribution is -2.09. The topological polar surface area (TPSA) is 26.3 Å². The SMILES string of the molecule is O=C1CCCC(=CI)O1. The summed E-state index contributed by atoms with van der Waals surface area (Å²) in [7, 11) is 0. The maximum absolute atomic E-state index is 10.6. The van der Waals surface area contributed by atoms with Gasteiger partial charge in [-0.1, -0.05) is 0 Å². The summed E-state index contributed by atoms with van der Waals surface area (Å²) in [5.74, 6) is 0.719. The summed E-state index contributed by atoms with van der Waals surface area (Å²) in [6, 6.07) is 0. The number of carbonyl (C=O) groups excluding carboxylic acids is 1. The molecule has 3 heteroatoms. The standard InChI is InChI=1S/C6H7IO2/c7-4-5-2-1-3-6(8)9-5/h4H,1-3H2. The number of hydrogen-bond donors (Lipinski definition) is 0. The third-order valence-corrected chi connectivity index (χ3v) is 1.87. The molecule has 1 rings (SSSR count). The summed E-state index contributed by atoms with van der Waals surface area (Å²) < 4.78 is 6.66. The Morgan fingerprint density at radius 1 is 1.56 bits per heavy atom. The van der Waals surface area contributed by atoms with E-state index in [0.29, 0.717) is 6.42 Å². The van der Waals surface area contributed by atoms with Crippen LogP contribution in [0.3, 0.4) is 0 Å². The average Bonchev–Trinajstić information content (AvgIpc) is 1.88. The molecular weight excluding hydrogens is 231 g/mol. The number of cyclic esters (lactones) is 1. The number of ether oxygens (including phenoxy) is 1. The average molecular weight is 238 g/mol. The Balaban J connectivity index is 2.51. The second-order valence-electron chi connectivity index (χ2n) is 1.90. The Hall–Kier alpha value is -0.0600. The van der Waals surface area contributed by atoms with E-state index in [9.17, 15) is 4.79 Å². The molecule has 0 atom stereocenters. The molecule has 0 amide bonds. The van der Waals surface area contributed by atoms with Crippen LogP contribution < -0.4 is 0 Å². The molecular formula is C6H7IO2. The summed E-state index contributed by atoms with van der Waals surface area (Å²) in [6.07, 6.45) is 2.43. The first-order valence-corrected chi connectivity index (χ1v) is 4.07. The van der Waals surface area contributed by atoms with Crippen LogP contribution in [-0.4, -0.2) is 5.97 Å². The lowest BCUT2D eigenvalue weighted by Gasteiger charge is -2.12. The first kappa shape index (κ1) is 7.05. The van der Waals surface area contributed by atoms with Crippen molar-refractivity contribution in [1.82, 2.24) is 0 Å². The van der Waals surface area contributed by atoms with Crippen LogP contribution in [-0.2, 0) is 9.53 Å². The van der Waals surface area contributed by atoms with E-state index in [4.69, 9.17) is 4.74 Å². The van der Waals surface area contributed by atoms with E-state index in [1.165, 1.54) is 0 Å². The van der Waals surface area contributed by atoms with Gasteiger partial charge in [0.15, 0.2) is 0 Å². The second kappa shape index (κ2) is 3.20. The predicted molar refractivity (Wildman–Crippen MR) is 42.0 cm³/mol. The Morgan fingerprint density at radius 2 is 2.33 bits per heavy atom. The zero-order valence-electron chi connectivity index (χ0n) is 4.89. The quantitative estimate of drug-likeness (QED) is 0.476. The minimum Gasteiger partial charge on any atom is -0.431 e. The molecule has 0 bridgehead atoms. The summed E-state index contributed by atoms with van der Waals surface area (Å²) in [5.41, 5.74) is 0. The molecule has 9 heavy (non-hydrogen) atoms. The van der Waals surface area contributed by atoms with E-state index in [-0.39, 0.29) is 5.97 Å². The second-order valence-corrected chi connectivity index (χ2v) is 2.53. The maximum atomic E-state index is 10.6. The van der Waals surface area contributed by atoms with Crippen molar-refractivity contribution in [3.63, 3.8) is 0 Å². The van der Waals surface area contributed by atoms with Crippen LogP contribution in [0.4, 0.5) is 0 Å². The Kier molecular flexibility index (Phi) is 2.50. The molecule has 1 aliphatic rings. The van der Waals surface area contributed by atoms with Crippen molar-refractivity contribution in [3.8, 4) is 0 Å². The molecule has 1 fully saturated rings. The van der Waals surface area contributed by atoms with E-state index in [2.05, 4.69) is 22.6 Å². The van der Waals surface area contributed by atoms with Crippen LogP contribution in [0, 0.1) is 0 Å². The molecule has 2 nitrogen and oxygen atoms in total. The van der Waals surface area contributed by atoms with Crippen LogP contribution in [0.1, 0.15) is 19.3 Å². The molecule has 0 N–H and O–H groups in total. The van der Waals surface area contributed by atoms with E-state index < -0.39 is 0 Å². The minimum atomic E-state index is -0.0934. The smallest absolute Gasteiger partial charge is 0.310 e. The molecule has 1 aliphatic heterocycles. The molecule has 0 unspecified atom stereocenters. The largest absolute Gasteiger partial charge is 0.431 e. The van der Waals surface area contributed by atoms with Crippen molar-refractivity contribution in [2.24, 2.45) is 0 Å². The highest BCUT2D eigenvalue weighted by molar-refractivity contribution is 14.1. The molecule has 1 saturated heterocycles. The molecule has 0 aromatic carbocycles. The normalized spacial score (nSPS) is 24.1. The molecule has 0 radical (unpaired) electrons. The Labute approximate surface area is 67.4 Å². The van der Waals surface area contributed by atoms with Crippen molar-refractivity contribution in [2.45, 2.75) is 19.3 Å². The molecule has 0 saturated carbocycles. The highest BCUT2D eigenvalue weighted by Gasteiger charge is 2.12. The third kappa shape index (κ3) is 1.97. The summed E-state index contributed by atoms with van der Waals surface area (Å²) in [4.78, 5) is 10.6. The highest BCUT2D eigenvalue weighted by atomic mass is 127. The van der Waals surface area contributed by atoms with Gasteiger partial charge >= 0.3 is 5.97 Å². The van der Waals surface area contributed by atoms with Gasteiger partial charge in [0.05, 0.1) is 0 Å². The van der Waals surface area contributed by atoms with Crippen LogP contribution in [0.15, 0.2) is 9.84 Å². The molecule has 50 valence electrons. The van der Waals surface area contributed by atoms with Gasteiger partial charge in [-0.15, -0.1) is 0 Å². The fourth-order valence-electron chi connectivity index (χ4n) is 0.732. The third-order valence-electron chi connectivity index (χ3n) is 1.17. The van der Waals surface area contributed by atoms with Crippen molar-refractivity contribution in [3.05, 3.63) is 9.84 Å². The van der Waals surface area contributed by atoms with Crippen LogP contribution in [0.25, 0.3) is 0 Å². The van der Waals surface area contributed by atoms with Gasteiger partial charge in [-0.2, -0.15) is 0 Å². The Morgan fingerprint density at radius 3 is 2.78 bits per heavy atom. The molecule has 0 aromatic rings. The number of esters is 1. The van der Waals surface area contributed by atoms with Gasteiger partial charge in [-0.05, 0) is 29.0 Å². The van der Waals surface area contributed by atoms with Gasteiger partial charge in [0.1, 0.15) is 5.76 Å². The first-order valence-electron chi connectivity index (χ1n) is 2.83. The van der Waals surface area contributed by atoms with Gasteiger partial charge in [0.2, 0.25) is 0 Å². The number of rotatable bonds is 0. The number of hydrogen-bond acceptors (Lipinski definition) is 2. The van der Waals surface area contributed by atoms with Crippen molar-refractivity contribution in [2.75, 3.05) is 0 Å². The van der Waals surface area contributed by atoms with Gasteiger partial charge < -0.3 is 4.74 Å². The van der Waals surface area contributed by atoms with Gasteiger partial charge in [0.25, 0.3) is 0 Å². The van der Waals surface area contributed by atoms with Gasteiger partial charge in [-0.3, -0.25) is 4.79 Å². The summed E-state index contributed by atoms with van der Waals surface area (Å²) in [5, 5.41) is 0. The van der Waals surface area contributed by atoms with Crippen molar-refractivity contribution >= 4 is 28.6 Å². The van der Waals surface area contributed by atoms with Crippen LogP contribution in [0.5, 0.6) is 0 Å². The lowest BCUT2D eigenvalue weighted by atomic mass is 10.2. The molecule has 1 heterocycles. The summed E-state index contributed by atoms with van der Waals surface area (Å²) in [6.45, 7) is 0. The predicted octanol–water partition coefficient (Wildman–Crippen LogP) is 1.99. The monoisotopic (exact) mass is 238 g/mol. The molecule has 0 aliphatic carbocycles. The van der Waals surface area contributed by atoms with Gasteiger partial charge in [-0.25, -0.2) is 0 Å². The van der Waals surface area contributed by atoms with E-state index >= 15 is 0 Å². The van der Waals surface area contributed by atoms with Crippen molar-refractivity contribution in [1.29, 1.82) is 0 Å². The van der Waals surface area contributed by atoms with Crippen molar-refractivity contribution < 1.29 is 9.53 Å². The minimum absolute atomic E-state index is 0.0934. The first-order chi connectivity index (χ1) is 4.33. The Bertz CT molecular complexity index is 151. The highest BCUT2D eigenvalue weighted by Crippen LogP contribution is 2.18. The lowest BCUT2D eigenvalue weighted by molar-refractivity contribution is -0.141. The zero-order valence-corrected chi connectivity index (χ0v) is 7.05. The van der Waals surface area contributed by atoms with E-state index in [1.807, 2.05) is 4.08 Å². The van der Waals surface area contributed by atoms with Crippen LogP contribution in [0.2, 0.25) is 0 Å². The summed E-state index contributed by atoms with van der Waals surface area (Å²) >= 11 is 2.08. The number of carbonyl (C=O) groups is 1. The van der Waals surface area contributed by atoms with Gasteiger partial charge in [0, 0.05) is 16.9 Å². The molecule has 0 aromatic heterocycles. The zero-order chi connectivity index (χ0) is 6.69. The fourth-order valence-corrected chi connectivity index (χ4v) is 1.17. The van der Waals surface area contributed by atoms with E-state index in [0.717, 1.165) is 18.6 Å². The number of halogens is 1.